The van der Waals surface area contributed by atoms with Crippen LogP contribution in [0.2, 0.25) is 5.02 Å². The molecule has 3 heterocycles. The molecule has 1 amide bonds. The molecule has 0 radical (unpaired) electrons. The van der Waals surface area contributed by atoms with Gasteiger partial charge in [0.25, 0.3) is 0 Å². The number of nitrogens with one attached hydrogen (secondary N) is 1. The minimum Gasteiger partial charge on any atom is -0.354 e. The van der Waals surface area contributed by atoms with E-state index in [1.54, 1.807) is 18.6 Å². The van der Waals surface area contributed by atoms with Gasteiger partial charge in [0.15, 0.2) is 0 Å². The normalized spacial score (nSPS) is 16.0. The highest BCUT2D eigenvalue weighted by atomic mass is 35.5. The van der Waals surface area contributed by atoms with Crippen LogP contribution in [0.1, 0.15) is 24.1 Å². The second-order valence-electron chi connectivity index (χ2n) is 7.61. The zero-order valence-corrected chi connectivity index (χ0v) is 17.0. The summed E-state index contributed by atoms with van der Waals surface area (Å²) in [5.41, 5.74) is 1.57. The van der Waals surface area contributed by atoms with Crippen molar-refractivity contribution in [1.82, 2.24) is 15.3 Å². The highest BCUT2D eigenvalue weighted by molar-refractivity contribution is 6.30. The van der Waals surface area contributed by atoms with Crippen molar-refractivity contribution < 1.29 is 4.79 Å². The lowest BCUT2D eigenvalue weighted by Gasteiger charge is -2.50. The van der Waals surface area contributed by atoms with Crippen LogP contribution in [0.4, 0.5) is 5.82 Å². The van der Waals surface area contributed by atoms with Gasteiger partial charge >= 0.3 is 0 Å². The van der Waals surface area contributed by atoms with E-state index in [0.717, 1.165) is 16.9 Å². The van der Waals surface area contributed by atoms with Gasteiger partial charge in [-0.3, -0.25) is 9.78 Å². The topological polar surface area (TPSA) is 58.1 Å². The molecule has 29 heavy (non-hydrogen) atoms. The summed E-state index contributed by atoms with van der Waals surface area (Å²) < 4.78 is 0. The maximum atomic E-state index is 13.4. The van der Waals surface area contributed by atoms with Crippen molar-refractivity contribution in [3.05, 3.63) is 89.3 Å². The number of aromatic nitrogens is 2. The summed E-state index contributed by atoms with van der Waals surface area (Å²) in [6.07, 6.45) is 5.95. The second-order valence-corrected chi connectivity index (χ2v) is 8.05. The lowest BCUT2D eigenvalue weighted by Crippen LogP contribution is -2.64. The number of rotatable bonds is 6. The van der Waals surface area contributed by atoms with Crippen LogP contribution >= 0.6 is 11.6 Å². The Kier molecular flexibility index (Phi) is 5.49. The molecule has 1 saturated heterocycles. The zero-order valence-electron chi connectivity index (χ0n) is 16.3. The number of pyridine rings is 2. The fraction of sp³-hybridized carbons (Fsp3) is 0.261. The van der Waals surface area contributed by atoms with Crippen LogP contribution in [0.25, 0.3) is 0 Å². The minimum absolute atomic E-state index is 0.0518. The van der Waals surface area contributed by atoms with Gasteiger partial charge in [0.1, 0.15) is 5.82 Å². The highest BCUT2D eigenvalue weighted by Gasteiger charge is 2.49. The molecule has 0 aliphatic carbocycles. The van der Waals surface area contributed by atoms with E-state index in [2.05, 4.69) is 20.2 Å². The fourth-order valence-corrected chi connectivity index (χ4v) is 3.91. The number of anilines is 1. The molecular formula is C23H23ClN4O. The van der Waals surface area contributed by atoms with Crippen LogP contribution in [0.3, 0.4) is 0 Å². The van der Waals surface area contributed by atoms with Crippen LogP contribution in [-0.2, 0) is 11.2 Å². The predicted octanol–water partition coefficient (Wildman–Crippen LogP) is 4.06. The average Bonchev–Trinajstić information content (AvgIpc) is 2.73. The molecule has 1 unspecified atom stereocenters. The van der Waals surface area contributed by atoms with Crippen molar-refractivity contribution >= 4 is 23.3 Å². The van der Waals surface area contributed by atoms with Gasteiger partial charge in [-0.15, -0.1) is 0 Å². The van der Waals surface area contributed by atoms with E-state index in [1.807, 2.05) is 61.5 Å². The van der Waals surface area contributed by atoms with E-state index in [0.29, 0.717) is 24.5 Å². The van der Waals surface area contributed by atoms with E-state index >= 15 is 0 Å². The van der Waals surface area contributed by atoms with E-state index in [4.69, 9.17) is 11.6 Å². The van der Waals surface area contributed by atoms with Gasteiger partial charge in [-0.25, -0.2) is 4.98 Å². The van der Waals surface area contributed by atoms with Gasteiger partial charge in [-0.2, -0.15) is 0 Å². The summed E-state index contributed by atoms with van der Waals surface area (Å²) in [4.78, 5) is 24.1. The molecule has 5 nitrogen and oxygen atoms in total. The second kappa shape index (κ2) is 8.21. The van der Waals surface area contributed by atoms with Gasteiger partial charge in [-0.05, 0) is 54.8 Å². The quantitative estimate of drug-likeness (QED) is 0.670. The Labute approximate surface area is 175 Å². The number of carbonyl (C=O) groups is 1. The number of hydrogen-bond donors (Lipinski definition) is 1. The van der Waals surface area contributed by atoms with E-state index < -0.39 is 5.41 Å². The Morgan fingerprint density at radius 1 is 1.14 bits per heavy atom. The number of benzene rings is 1. The Hall–Kier alpha value is -2.92. The maximum absolute atomic E-state index is 13.4. The first-order valence-electron chi connectivity index (χ1n) is 9.67. The number of halogens is 1. The first kappa shape index (κ1) is 19.4. The smallest absolute Gasteiger partial charge is 0.230 e. The third-order valence-electron chi connectivity index (χ3n) is 5.43. The van der Waals surface area contributed by atoms with E-state index in [9.17, 15) is 4.79 Å². The van der Waals surface area contributed by atoms with Gasteiger partial charge in [0, 0.05) is 36.7 Å². The van der Waals surface area contributed by atoms with Crippen LogP contribution < -0.4 is 10.2 Å². The molecule has 1 N–H and O–H groups in total. The third-order valence-corrected chi connectivity index (χ3v) is 5.68. The van der Waals surface area contributed by atoms with E-state index in [-0.39, 0.29) is 11.9 Å². The molecule has 1 aliphatic rings. The first-order chi connectivity index (χ1) is 14.1. The Balaban J connectivity index is 1.53. The van der Waals surface area contributed by atoms with Crippen molar-refractivity contribution in [2.24, 2.45) is 5.41 Å². The third kappa shape index (κ3) is 4.25. The van der Waals surface area contributed by atoms with Crippen LogP contribution in [0, 0.1) is 5.41 Å². The molecule has 1 aliphatic heterocycles. The lowest BCUT2D eigenvalue weighted by atomic mass is 9.73. The molecule has 2 aromatic heterocycles. The standard InChI is InChI=1S/C23H23ClN4O/c1-17(19-5-4-11-25-14-19)27-22(29)23(13-18-7-9-20(24)10-8-18)15-28(16-23)21-6-2-3-12-26-21/h2-12,14,17H,13,15-16H2,1H3,(H,27,29). The summed E-state index contributed by atoms with van der Waals surface area (Å²) in [6, 6.07) is 17.3. The molecular weight excluding hydrogens is 384 g/mol. The van der Waals surface area contributed by atoms with Gasteiger partial charge in [-0.1, -0.05) is 35.9 Å². The monoisotopic (exact) mass is 406 g/mol. The number of hydrogen-bond acceptors (Lipinski definition) is 4. The van der Waals surface area contributed by atoms with Crippen molar-refractivity contribution in [2.45, 2.75) is 19.4 Å². The highest BCUT2D eigenvalue weighted by Crippen LogP contribution is 2.37. The van der Waals surface area contributed by atoms with Crippen molar-refractivity contribution in [3.63, 3.8) is 0 Å². The summed E-state index contributed by atoms with van der Waals surface area (Å²) in [5.74, 6) is 0.948. The zero-order chi connectivity index (χ0) is 20.3. The molecule has 3 aromatic rings. The van der Waals surface area contributed by atoms with E-state index in [1.165, 1.54) is 0 Å². The molecule has 4 rings (SSSR count). The summed E-state index contributed by atoms with van der Waals surface area (Å²) in [7, 11) is 0. The van der Waals surface area contributed by atoms with Gasteiger partial charge in [0.2, 0.25) is 5.91 Å². The number of carbonyl (C=O) groups excluding carboxylic acids is 1. The summed E-state index contributed by atoms with van der Waals surface area (Å²) in [5, 5.41) is 3.89. The van der Waals surface area contributed by atoms with Crippen molar-refractivity contribution in [2.75, 3.05) is 18.0 Å². The lowest BCUT2D eigenvalue weighted by molar-refractivity contribution is -0.133. The SMILES string of the molecule is CC(NC(=O)C1(Cc2ccc(Cl)cc2)CN(c2ccccn2)C1)c1cccnc1. The molecule has 0 saturated carbocycles. The molecule has 1 fully saturated rings. The Morgan fingerprint density at radius 2 is 1.93 bits per heavy atom. The molecule has 1 aromatic carbocycles. The van der Waals surface area contributed by atoms with Gasteiger partial charge in [0.05, 0.1) is 11.5 Å². The number of nitrogens with zero attached hydrogens (tertiary/aromatic N) is 3. The molecule has 0 bridgehead atoms. The number of amides is 1. The Bertz CT molecular complexity index is 957. The van der Waals surface area contributed by atoms with Crippen molar-refractivity contribution in [3.8, 4) is 0 Å². The Morgan fingerprint density at radius 3 is 2.59 bits per heavy atom. The molecule has 148 valence electrons. The summed E-state index contributed by atoms with van der Waals surface area (Å²) in [6.45, 7) is 3.23. The van der Waals surface area contributed by atoms with Crippen LogP contribution in [0.5, 0.6) is 0 Å². The molecule has 1 atom stereocenters. The van der Waals surface area contributed by atoms with Crippen LogP contribution in [0.15, 0.2) is 73.2 Å². The average molecular weight is 407 g/mol. The largest absolute Gasteiger partial charge is 0.354 e. The molecule has 0 spiro atoms. The minimum atomic E-state index is -0.512. The van der Waals surface area contributed by atoms with Crippen molar-refractivity contribution in [1.29, 1.82) is 0 Å². The fourth-order valence-electron chi connectivity index (χ4n) is 3.78. The first-order valence-corrected chi connectivity index (χ1v) is 10.0. The van der Waals surface area contributed by atoms with Crippen LogP contribution in [-0.4, -0.2) is 29.0 Å². The predicted molar refractivity (Wildman–Crippen MR) is 115 cm³/mol. The maximum Gasteiger partial charge on any atom is 0.230 e. The summed E-state index contributed by atoms with van der Waals surface area (Å²) >= 11 is 6.03. The van der Waals surface area contributed by atoms with Gasteiger partial charge < -0.3 is 10.2 Å². The molecule has 6 heteroatoms.